The Bertz CT molecular complexity index is 511. The summed E-state index contributed by atoms with van der Waals surface area (Å²) in [6, 6.07) is 4.15. The van der Waals surface area contributed by atoms with Crippen LogP contribution in [0.2, 0.25) is 0 Å². The molecular formula is C10H13NO5S. The maximum absolute atomic E-state index is 11.8. The molecule has 0 aliphatic heterocycles. The van der Waals surface area contributed by atoms with Crippen molar-refractivity contribution in [1.29, 1.82) is 0 Å². The van der Waals surface area contributed by atoms with Gasteiger partial charge in [0.25, 0.3) is 0 Å². The number of methoxy groups -OCH3 is 1. The van der Waals surface area contributed by atoms with E-state index in [9.17, 15) is 18.3 Å². The molecular weight excluding hydrogens is 246 g/mol. The van der Waals surface area contributed by atoms with Gasteiger partial charge in [-0.15, -0.1) is 0 Å². The van der Waals surface area contributed by atoms with Crippen LogP contribution in [0.3, 0.4) is 0 Å². The number of hydrogen-bond acceptors (Lipinski definition) is 5. The lowest BCUT2D eigenvalue weighted by molar-refractivity contribution is -0.142. The van der Waals surface area contributed by atoms with E-state index in [1.807, 2.05) is 0 Å². The number of carbonyl (C=O) groups is 1. The largest absolute Gasteiger partial charge is 0.508 e. The van der Waals surface area contributed by atoms with E-state index >= 15 is 0 Å². The maximum atomic E-state index is 11.8. The van der Waals surface area contributed by atoms with Crippen molar-refractivity contribution in [3.8, 4) is 5.75 Å². The van der Waals surface area contributed by atoms with Crippen molar-refractivity contribution in [2.75, 3.05) is 7.11 Å². The Labute approximate surface area is 99.3 Å². The number of nitrogens with one attached hydrogen (secondary N) is 1. The number of ether oxygens (including phenoxy) is 1. The number of benzene rings is 1. The minimum atomic E-state index is -3.85. The zero-order valence-electron chi connectivity index (χ0n) is 9.38. The van der Waals surface area contributed by atoms with Crippen molar-refractivity contribution in [2.24, 2.45) is 0 Å². The molecule has 0 bridgehead atoms. The molecule has 0 spiro atoms. The van der Waals surface area contributed by atoms with Crippen molar-refractivity contribution in [3.05, 3.63) is 24.3 Å². The van der Waals surface area contributed by atoms with E-state index in [2.05, 4.69) is 9.46 Å². The summed E-state index contributed by atoms with van der Waals surface area (Å²) in [6.45, 7) is 1.37. The van der Waals surface area contributed by atoms with E-state index in [1.54, 1.807) is 0 Å². The molecule has 0 fully saturated rings. The first-order chi connectivity index (χ1) is 7.86. The Balaban J connectivity index is 2.93. The first-order valence-corrected chi connectivity index (χ1v) is 6.24. The minimum Gasteiger partial charge on any atom is -0.508 e. The molecule has 0 saturated carbocycles. The SMILES string of the molecule is COC(=O)C(C)NS(=O)(=O)c1cccc(O)c1. The zero-order chi connectivity index (χ0) is 13.1. The lowest BCUT2D eigenvalue weighted by Crippen LogP contribution is -2.39. The Morgan fingerprint density at radius 3 is 2.65 bits per heavy atom. The molecule has 0 aliphatic rings. The highest BCUT2D eigenvalue weighted by atomic mass is 32.2. The number of sulfonamides is 1. The zero-order valence-corrected chi connectivity index (χ0v) is 10.2. The molecule has 0 radical (unpaired) electrons. The number of phenols is 1. The van der Waals surface area contributed by atoms with Crippen LogP contribution in [0.25, 0.3) is 0 Å². The molecule has 7 heteroatoms. The smallest absolute Gasteiger partial charge is 0.323 e. The number of esters is 1. The highest BCUT2D eigenvalue weighted by Crippen LogP contribution is 2.15. The molecule has 1 unspecified atom stereocenters. The van der Waals surface area contributed by atoms with Gasteiger partial charge in [0.2, 0.25) is 10.0 Å². The Morgan fingerprint density at radius 1 is 1.47 bits per heavy atom. The van der Waals surface area contributed by atoms with Crippen LogP contribution in [0.1, 0.15) is 6.92 Å². The molecule has 0 aromatic heterocycles. The van der Waals surface area contributed by atoms with Gasteiger partial charge in [-0.3, -0.25) is 4.79 Å². The molecule has 1 atom stereocenters. The highest BCUT2D eigenvalue weighted by molar-refractivity contribution is 7.89. The summed E-state index contributed by atoms with van der Waals surface area (Å²) in [5.41, 5.74) is 0. The summed E-state index contributed by atoms with van der Waals surface area (Å²) in [6.07, 6.45) is 0. The van der Waals surface area contributed by atoms with E-state index in [1.165, 1.54) is 32.2 Å². The summed E-state index contributed by atoms with van der Waals surface area (Å²) in [7, 11) is -2.68. The molecule has 0 heterocycles. The van der Waals surface area contributed by atoms with Gasteiger partial charge in [0.1, 0.15) is 11.8 Å². The summed E-state index contributed by atoms with van der Waals surface area (Å²) in [4.78, 5) is 11.0. The third kappa shape index (κ3) is 3.43. The molecule has 0 saturated heterocycles. The van der Waals surface area contributed by atoms with Gasteiger partial charge >= 0.3 is 5.97 Å². The van der Waals surface area contributed by atoms with Crippen molar-refractivity contribution in [2.45, 2.75) is 17.9 Å². The quantitative estimate of drug-likeness (QED) is 0.755. The first kappa shape index (κ1) is 13.5. The second-order valence-corrected chi connectivity index (χ2v) is 5.08. The van der Waals surface area contributed by atoms with Gasteiger partial charge in [0.05, 0.1) is 12.0 Å². The van der Waals surface area contributed by atoms with Gasteiger partial charge in [-0.25, -0.2) is 8.42 Å². The second-order valence-electron chi connectivity index (χ2n) is 3.36. The summed E-state index contributed by atoms with van der Waals surface area (Å²) in [5.74, 6) is -0.854. The summed E-state index contributed by atoms with van der Waals surface area (Å²) < 4.78 is 30.1. The van der Waals surface area contributed by atoms with Gasteiger partial charge < -0.3 is 9.84 Å². The van der Waals surface area contributed by atoms with Crippen LogP contribution in [0, 0.1) is 0 Å². The van der Waals surface area contributed by atoms with Crippen LogP contribution >= 0.6 is 0 Å². The number of phenolic OH excluding ortho intramolecular Hbond substituents is 1. The predicted octanol–water partition coefficient (Wildman–Crippen LogP) is 0.232. The van der Waals surface area contributed by atoms with Gasteiger partial charge in [-0.1, -0.05) is 6.07 Å². The summed E-state index contributed by atoms with van der Waals surface area (Å²) in [5, 5.41) is 9.18. The van der Waals surface area contributed by atoms with Crippen LogP contribution < -0.4 is 4.72 Å². The van der Waals surface area contributed by atoms with Crippen LogP contribution in [0.4, 0.5) is 0 Å². The van der Waals surface area contributed by atoms with Crippen molar-refractivity contribution in [3.63, 3.8) is 0 Å². The van der Waals surface area contributed by atoms with E-state index in [0.29, 0.717) is 0 Å². The third-order valence-electron chi connectivity index (χ3n) is 2.01. The molecule has 0 aliphatic carbocycles. The number of hydrogen-bond donors (Lipinski definition) is 2. The Morgan fingerprint density at radius 2 is 2.12 bits per heavy atom. The van der Waals surface area contributed by atoms with Gasteiger partial charge in [-0.2, -0.15) is 4.72 Å². The van der Waals surface area contributed by atoms with Gasteiger partial charge in [0.15, 0.2) is 0 Å². The van der Waals surface area contributed by atoms with E-state index < -0.39 is 22.0 Å². The number of rotatable bonds is 4. The monoisotopic (exact) mass is 259 g/mol. The lowest BCUT2D eigenvalue weighted by atomic mass is 10.3. The van der Waals surface area contributed by atoms with Gasteiger partial charge in [0, 0.05) is 0 Å². The van der Waals surface area contributed by atoms with Crippen molar-refractivity contribution >= 4 is 16.0 Å². The van der Waals surface area contributed by atoms with Crippen LogP contribution in [-0.2, 0) is 19.6 Å². The fourth-order valence-electron chi connectivity index (χ4n) is 1.18. The molecule has 1 rings (SSSR count). The molecule has 6 nitrogen and oxygen atoms in total. The predicted molar refractivity (Wildman–Crippen MR) is 59.9 cm³/mol. The average Bonchev–Trinajstić information content (AvgIpc) is 2.27. The van der Waals surface area contributed by atoms with Crippen molar-refractivity contribution < 1.29 is 23.1 Å². The molecule has 0 amide bonds. The van der Waals surface area contributed by atoms with Crippen LogP contribution in [0.15, 0.2) is 29.2 Å². The summed E-state index contributed by atoms with van der Waals surface area (Å²) >= 11 is 0. The first-order valence-electron chi connectivity index (χ1n) is 4.76. The maximum Gasteiger partial charge on any atom is 0.323 e. The fourth-order valence-corrected chi connectivity index (χ4v) is 2.41. The van der Waals surface area contributed by atoms with Crippen molar-refractivity contribution in [1.82, 2.24) is 4.72 Å². The number of carbonyl (C=O) groups excluding carboxylic acids is 1. The minimum absolute atomic E-state index is 0.117. The topological polar surface area (TPSA) is 92.7 Å². The fraction of sp³-hybridized carbons (Fsp3) is 0.300. The Kier molecular flexibility index (Phi) is 4.08. The second kappa shape index (κ2) is 5.15. The molecule has 1 aromatic carbocycles. The molecule has 94 valence electrons. The average molecular weight is 259 g/mol. The number of aromatic hydroxyl groups is 1. The Hall–Kier alpha value is -1.60. The van der Waals surface area contributed by atoms with Crippen LogP contribution in [0.5, 0.6) is 5.75 Å². The standard InChI is InChI=1S/C10H13NO5S/c1-7(10(13)16-2)11-17(14,15)9-5-3-4-8(12)6-9/h3-7,11-12H,1-2H3. The molecule has 2 N–H and O–H groups in total. The normalized spacial score (nSPS) is 13.1. The van der Waals surface area contributed by atoms with E-state index in [-0.39, 0.29) is 10.6 Å². The van der Waals surface area contributed by atoms with Gasteiger partial charge in [-0.05, 0) is 25.1 Å². The third-order valence-corrected chi connectivity index (χ3v) is 3.55. The van der Waals surface area contributed by atoms with E-state index in [0.717, 1.165) is 6.07 Å². The highest BCUT2D eigenvalue weighted by Gasteiger charge is 2.22. The van der Waals surface area contributed by atoms with E-state index in [4.69, 9.17) is 0 Å². The lowest BCUT2D eigenvalue weighted by Gasteiger charge is -2.12. The van der Waals surface area contributed by atoms with Crippen LogP contribution in [-0.4, -0.2) is 32.6 Å². The molecule has 1 aromatic rings. The molecule has 17 heavy (non-hydrogen) atoms.